The van der Waals surface area contributed by atoms with Crippen molar-refractivity contribution in [3.8, 4) is 5.82 Å². The fourth-order valence-corrected chi connectivity index (χ4v) is 1.94. The van der Waals surface area contributed by atoms with E-state index in [1.165, 1.54) is 0 Å². The Hall–Kier alpha value is -1.66. The first-order chi connectivity index (χ1) is 9.56. The molecule has 7 heteroatoms. The molecule has 1 N–H and O–H groups in total. The van der Waals surface area contributed by atoms with Gasteiger partial charge in [0.25, 0.3) is 0 Å². The van der Waals surface area contributed by atoms with Crippen LogP contribution < -0.4 is 5.32 Å². The Bertz CT molecular complexity index is 611. The first kappa shape index (κ1) is 14.7. The molecule has 0 fully saturated rings. The maximum Gasteiger partial charge on any atom is 0.159 e. The summed E-state index contributed by atoms with van der Waals surface area (Å²) in [4.78, 5) is 8.82. The van der Waals surface area contributed by atoms with Crippen molar-refractivity contribution in [1.29, 1.82) is 0 Å². The van der Waals surface area contributed by atoms with Gasteiger partial charge in [0.1, 0.15) is 12.4 Å². The molecule has 0 saturated heterocycles. The van der Waals surface area contributed by atoms with Crippen LogP contribution in [0.5, 0.6) is 0 Å². The Morgan fingerprint density at radius 3 is 2.65 bits per heavy atom. The van der Waals surface area contributed by atoms with Crippen LogP contribution in [0.2, 0.25) is 5.02 Å². The lowest BCUT2D eigenvalue weighted by atomic mass is 10.4. The molecule has 0 aliphatic rings. The third-order valence-electron chi connectivity index (χ3n) is 2.87. The molecule has 0 bridgehead atoms. The summed E-state index contributed by atoms with van der Waals surface area (Å²) < 4.78 is 7.08. The molecule has 6 nitrogen and oxygen atoms in total. The van der Waals surface area contributed by atoms with E-state index in [0.29, 0.717) is 35.7 Å². The second-order valence-corrected chi connectivity index (χ2v) is 4.69. The van der Waals surface area contributed by atoms with Crippen molar-refractivity contribution in [3.05, 3.63) is 28.3 Å². The molecular formula is C13H18ClN5O. The molecule has 0 aliphatic heterocycles. The summed E-state index contributed by atoms with van der Waals surface area (Å²) in [6.07, 6.45) is 0. The third kappa shape index (κ3) is 2.91. The van der Waals surface area contributed by atoms with Crippen molar-refractivity contribution < 1.29 is 4.74 Å². The number of nitrogens with one attached hydrogen (secondary N) is 1. The van der Waals surface area contributed by atoms with Gasteiger partial charge in [-0.05, 0) is 20.8 Å². The monoisotopic (exact) mass is 295 g/mol. The minimum Gasteiger partial charge on any atom is -0.374 e. The summed E-state index contributed by atoms with van der Waals surface area (Å²) in [7, 11) is 1.81. The number of hydrogen-bond donors (Lipinski definition) is 1. The lowest BCUT2D eigenvalue weighted by Gasteiger charge is -2.09. The van der Waals surface area contributed by atoms with Crippen LogP contribution >= 0.6 is 11.6 Å². The van der Waals surface area contributed by atoms with E-state index in [0.717, 1.165) is 11.4 Å². The van der Waals surface area contributed by atoms with Gasteiger partial charge in [-0.15, -0.1) is 0 Å². The van der Waals surface area contributed by atoms with Crippen molar-refractivity contribution in [2.45, 2.75) is 27.4 Å². The largest absolute Gasteiger partial charge is 0.374 e. The molecule has 2 rings (SSSR count). The van der Waals surface area contributed by atoms with E-state index >= 15 is 0 Å². The van der Waals surface area contributed by atoms with Crippen LogP contribution in [0.1, 0.15) is 24.1 Å². The van der Waals surface area contributed by atoms with E-state index in [4.69, 9.17) is 16.3 Å². The zero-order valence-electron chi connectivity index (χ0n) is 12.1. The maximum absolute atomic E-state index is 6.18. The first-order valence-electron chi connectivity index (χ1n) is 6.42. The summed E-state index contributed by atoms with van der Waals surface area (Å²) in [5.74, 6) is 2.00. The first-order valence-corrected chi connectivity index (χ1v) is 6.80. The molecule has 0 saturated carbocycles. The average molecular weight is 296 g/mol. The summed E-state index contributed by atoms with van der Waals surface area (Å²) in [5, 5.41) is 8.07. The van der Waals surface area contributed by atoms with Crippen LogP contribution in [0.15, 0.2) is 6.07 Å². The fraction of sp³-hybridized carbons (Fsp3) is 0.462. The topological polar surface area (TPSA) is 64.9 Å². The Kier molecular flexibility index (Phi) is 4.57. The molecule has 2 aromatic rings. The molecule has 0 spiro atoms. The minimum atomic E-state index is 0.367. The predicted octanol–water partition coefficient (Wildman–Crippen LogP) is 2.51. The molecule has 2 aromatic heterocycles. The van der Waals surface area contributed by atoms with Gasteiger partial charge in [0.2, 0.25) is 0 Å². The van der Waals surface area contributed by atoms with Crippen molar-refractivity contribution in [2.75, 3.05) is 19.0 Å². The molecule has 0 unspecified atom stereocenters. The number of aryl methyl sites for hydroxylation is 1. The number of hydrogen-bond acceptors (Lipinski definition) is 5. The number of halogens is 1. The van der Waals surface area contributed by atoms with Crippen molar-refractivity contribution in [2.24, 2.45) is 0 Å². The smallest absolute Gasteiger partial charge is 0.159 e. The zero-order valence-corrected chi connectivity index (χ0v) is 12.8. The SMILES string of the molecule is CCOCc1nc(NC)cc(-n2nc(C)c(Cl)c2C)n1. The lowest BCUT2D eigenvalue weighted by molar-refractivity contribution is 0.128. The van der Waals surface area contributed by atoms with Gasteiger partial charge in [0, 0.05) is 19.7 Å². The van der Waals surface area contributed by atoms with Gasteiger partial charge >= 0.3 is 0 Å². The van der Waals surface area contributed by atoms with Crippen molar-refractivity contribution in [1.82, 2.24) is 19.7 Å². The summed E-state index contributed by atoms with van der Waals surface area (Å²) >= 11 is 6.18. The standard InChI is InChI=1S/C13H18ClN5O/c1-5-20-7-11-16-10(15-4)6-12(17-11)19-9(3)13(14)8(2)18-19/h6H,5,7H2,1-4H3,(H,15,16,17). The number of rotatable bonds is 5. The summed E-state index contributed by atoms with van der Waals surface area (Å²) in [6, 6.07) is 1.82. The van der Waals surface area contributed by atoms with Crippen molar-refractivity contribution >= 4 is 17.4 Å². The molecule has 0 radical (unpaired) electrons. The van der Waals surface area contributed by atoms with E-state index in [1.54, 1.807) is 4.68 Å². The highest BCUT2D eigenvalue weighted by Gasteiger charge is 2.13. The summed E-state index contributed by atoms with van der Waals surface area (Å²) in [6.45, 7) is 6.70. The van der Waals surface area contributed by atoms with Gasteiger partial charge in [-0.2, -0.15) is 5.10 Å². The molecule has 108 valence electrons. The number of anilines is 1. The van der Waals surface area contributed by atoms with Crippen LogP contribution in [0.25, 0.3) is 5.82 Å². The van der Waals surface area contributed by atoms with Crippen LogP contribution in [0, 0.1) is 13.8 Å². The van der Waals surface area contributed by atoms with Crippen molar-refractivity contribution in [3.63, 3.8) is 0 Å². The predicted molar refractivity (Wildman–Crippen MR) is 78.5 cm³/mol. The fourth-order valence-electron chi connectivity index (χ4n) is 1.82. The highest BCUT2D eigenvalue weighted by Crippen LogP contribution is 2.22. The van der Waals surface area contributed by atoms with Gasteiger partial charge in [0.15, 0.2) is 11.6 Å². The Morgan fingerprint density at radius 1 is 1.35 bits per heavy atom. The van der Waals surface area contributed by atoms with Gasteiger partial charge in [-0.3, -0.25) is 0 Å². The van der Waals surface area contributed by atoms with E-state index in [-0.39, 0.29) is 0 Å². The maximum atomic E-state index is 6.18. The van der Waals surface area contributed by atoms with E-state index in [9.17, 15) is 0 Å². The highest BCUT2D eigenvalue weighted by atomic mass is 35.5. The van der Waals surface area contributed by atoms with E-state index < -0.39 is 0 Å². The molecule has 0 aliphatic carbocycles. The van der Waals surface area contributed by atoms with Crippen LogP contribution in [-0.4, -0.2) is 33.4 Å². The Balaban J connectivity index is 2.46. The van der Waals surface area contributed by atoms with Gasteiger partial charge in [-0.25, -0.2) is 14.6 Å². The molecular weight excluding hydrogens is 278 g/mol. The van der Waals surface area contributed by atoms with Crippen LogP contribution in [0.3, 0.4) is 0 Å². The summed E-state index contributed by atoms with van der Waals surface area (Å²) in [5.41, 5.74) is 1.63. The molecule has 20 heavy (non-hydrogen) atoms. The number of nitrogens with zero attached hydrogens (tertiary/aromatic N) is 4. The Labute approximate surface area is 123 Å². The van der Waals surface area contributed by atoms with Crippen LogP contribution in [-0.2, 0) is 11.3 Å². The van der Waals surface area contributed by atoms with E-state index in [2.05, 4.69) is 20.4 Å². The van der Waals surface area contributed by atoms with Gasteiger partial charge in [-0.1, -0.05) is 11.6 Å². The molecule has 0 aromatic carbocycles. The minimum absolute atomic E-state index is 0.367. The molecule has 0 amide bonds. The lowest BCUT2D eigenvalue weighted by Crippen LogP contribution is -2.09. The third-order valence-corrected chi connectivity index (χ3v) is 3.42. The average Bonchev–Trinajstić information content (AvgIpc) is 2.72. The van der Waals surface area contributed by atoms with Gasteiger partial charge < -0.3 is 10.1 Å². The second kappa shape index (κ2) is 6.19. The highest BCUT2D eigenvalue weighted by molar-refractivity contribution is 6.31. The van der Waals surface area contributed by atoms with Crippen LogP contribution in [0.4, 0.5) is 5.82 Å². The zero-order chi connectivity index (χ0) is 14.7. The van der Waals surface area contributed by atoms with E-state index in [1.807, 2.05) is 33.9 Å². The molecule has 0 atom stereocenters. The normalized spacial score (nSPS) is 10.8. The number of aromatic nitrogens is 4. The Morgan fingerprint density at radius 2 is 2.10 bits per heavy atom. The number of ether oxygens (including phenoxy) is 1. The quantitative estimate of drug-likeness (QED) is 0.918. The molecule has 2 heterocycles. The van der Waals surface area contributed by atoms with Gasteiger partial charge in [0.05, 0.1) is 16.4 Å². The second-order valence-electron chi connectivity index (χ2n) is 4.31.